The minimum atomic E-state index is 0.0113. The molecule has 0 spiro atoms. The van der Waals surface area contributed by atoms with E-state index in [9.17, 15) is 4.79 Å². The maximum atomic E-state index is 11.8. The van der Waals surface area contributed by atoms with E-state index < -0.39 is 0 Å². The fourth-order valence-electron chi connectivity index (χ4n) is 1.82. The molecule has 2 N–H and O–H groups in total. The zero-order valence-electron chi connectivity index (χ0n) is 8.96. The van der Waals surface area contributed by atoms with Crippen LogP contribution < -0.4 is 10.6 Å². The Bertz CT molecular complexity index is 361. The standard InChI is InChI=1S/C11H15BrN2OS/c12-8-5-9(16-7-8)6-14-11(15)10-3-1-2-4-13-10/h5,7,10,13H,1-4,6H2,(H,14,15)/t10-/m0/s1. The van der Waals surface area contributed by atoms with E-state index in [1.165, 1.54) is 11.3 Å². The largest absolute Gasteiger partial charge is 0.350 e. The van der Waals surface area contributed by atoms with Crippen LogP contribution in [0.5, 0.6) is 0 Å². The zero-order valence-corrected chi connectivity index (χ0v) is 11.4. The monoisotopic (exact) mass is 302 g/mol. The van der Waals surface area contributed by atoms with Gasteiger partial charge in [-0.2, -0.15) is 0 Å². The van der Waals surface area contributed by atoms with Gasteiger partial charge in [0.1, 0.15) is 0 Å². The lowest BCUT2D eigenvalue weighted by atomic mass is 10.0. The normalized spacial score (nSPS) is 20.7. The van der Waals surface area contributed by atoms with Crippen LogP contribution in [0, 0.1) is 0 Å². The van der Waals surface area contributed by atoms with Crippen molar-refractivity contribution in [1.29, 1.82) is 0 Å². The molecule has 0 saturated carbocycles. The van der Waals surface area contributed by atoms with Crippen molar-refractivity contribution in [1.82, 2.24) is 10.6 Å². The van der Waals surface area contributed by atoms with Crippen LogP contribution in [-0.2, 0) is 11.3 Å². The first kappa shape index (κ1) is 12.1. The van der Waals surface area contributed by atoms with E-state index in [0.717, 1.165) is 23.9 Å². The minimum Gasteiger partial charge on any atom is -0.350 e. The molecule has 1 aliphatic rings. The first-order chi connectivity index (χ1) is 7.75. The van der Waals surface area contributed by atoms with Crippen LogP contribution >= 0.6 is 27.3 Å². The van der Waals surface area contributed by atoms with E-state index in [-0.39, 0.29) is 11.9 Å². The summed E-state index contributed by atoms with van der Waals surface area (Å²) < 4.78 is 1.08. The summed E-state index contributed by atoms with van der Waals surface area (Å²) in [6, 6.07) is 2.05. The van der Waals surface area contributed by atoms with Crippen LogP contribution in [-0.4, -0.2) is 18.5 Å². The lowest BCUT2D eigenvalue weighted by Crippen LogP contribution is -2.46. The molecule has 1 saturated heterocycles. The number of halogens is 1. The van der Waals surface area contributed by atoms with Gasteiger partial charge in [0, 0.05) is 14.7 Å². The van der Waals surface area contributed by atoms with Gasteiger partial charge in [-0.05, 0) is 41.4 Å². The van der Waals surface area contributed by atoms with Crippen molar-refractivity contribution in [2.45, 2.75) is 31.8 Å². The van der Waals surface area contributed by atoms with Crippen LogP contribution in [0.2, 0.25) is 0 Å². The molecule has 1 atom stereocenters. The highest BCUT2D eigenvalue weighted by molar-refractivity contribution is 9.10. The summed E-state index contributed by atoms with van der Waals surface area (Å²) in [6.07, 6.45) is 3.29. The summed E-state index contributed by atoms with van der Waals surface area (Å²) in [5.41, 5.74) is 0. The molecule has 0 unspecified atom stereocenters. The number of rotatable bonds is 3. The molecule has 1 aliphatic heterocycles. The van der Waals surface area contributed by atoms with Gasteiger partial charge in [-0.3, -0.25) is 4.79 Å². The van der Waals surface area contributed by atoms with Crippen molar-refractivity contribution in [3.05, 3.63) is 20.8 Å². The second-order valence-electron chi connectivity index (χ2n) is 3.95. The van der Waals surface area contributed by atoms with Crippen molar-refractivity contribution in [2.75, 3.05) is 6.54 Å². The third-order valence-electron chi connectivity index (χ3n) is 2.69. The molecule has 1 aromatic rings. The van der Waals surface area contributed by atoms with Gasteiger partial charge in [0.25, 0.3) is 0 Å². The Morgan fingerprint density at radius 2 is 2.50 bits per heavy atom. The van der Waals surface area contributed by atoms with Gasteiger partial charge in [0.2, 0.25) is 5.91 Å². The number of nitrogens with one attached hydrogen (secondary N) is 2. The average molecular weight is 303 g/mol. The van der Waals surface area contributed by atoms with E-state index in [4.69, 9.17) is 0 Å². The molecule has 16 heavy (non-hydrogen) atoms. The summed E-state index contributed by atoms with van der Waals surface area (Å²) in [7, 11) is 0. The Kier molecular flexibility index (Phi) is 4.37. The summed E-state index contributed by atoms with van der Waals surface area (Å²) in [4.78, 5) is 13.0. The maximum absolute atomic E-state index is 11.8. The van der Waals surface area contributed by atoms with Crippen LogP contribution in [0.1, 0.15) is 24.1 Å². The lowest BCUT2D eigenvalue weighted by Gasteiger charge is -2.22. The van der Waals surface area contributed by atoms with Gasteiger partial charge in [-0.1, -0.05) is 6.42 Å². The second-order valence-corrected chi connectivity index (χ2v) is 5.86. The number of carbonyl (C=O) groups is 1. The number of amides is 1. The third-order valence-corrected chi connectivity index (χ3v) is 4.38. The van der Waals surface area contributed by atoms with E-state index in [0.29, 0.717) is 6.54 Å². The Balaban J connectivity index is 1.78. The van der Waals surface area contributed by atoms with Gasteiger partial charge in [-0.25, -0.2) is 0 Å². The quantitative estimate of drug-likeness (QED) is 0.899. The van der Waals surface area contributed by atoms with Gasteiger partial charge in [0.15, 0.2) is 0 Å². The van der Waals surface area contributed by atoms with E-state index >= 15 is 0 Å². The SMILES string of the molecule is O=C(NCc1cc(Br)cs1)[C@@H]1CCCCN1. The van der Waals surface area contributed by atoms with Crippen molar-refractivity contribution in [2.24, 2.45) is 0 Å². The van der Waals surface area contributed by atoms with Gasteiger partial charge < -0.3 is 10.6 Å². The van der Waals surface area contributed by atoms with Gasteiger partial charge >= 0.3 is 0 Å². The fourth-order valence-corrected chi connectivity index (χ4v) is 3.21. The van der Waals surface area contributed by atoms with Crippen LogP contribution in [0.4, 0.5) is 0 Å². The number of piperidine rings is 1. The highest BCUT2D eigenvalue weighted by atomic mass is 79.9. The maximum Gasteiger partial charge on any atom is 0.237 e. The molecular formula is C11H15BrN2OS. The number of hydrogen-bond donors (Lipinski definition) is 2. The van der Waals surface area contributed by atoms with E-state index in [1.54, 1.807) is 11.3 Å². The van der Waals surface area contributed by atoms with Crippen molar-refractivity contribution in [3.63, 3.8) is 0 Å². The first-order valence-corrected chi connectivity index (χ1v) is 7.17. The molecule has 2 rings (SSSR count). The summed E-state index contributed by atoms with van der Waals surface area (Å²) >= 11 is 5.06. The van der Waals surface area contributed by atoms with E-state index in [2.05, 4.69) is 26.6 Å². The zero-order chi connectivity index (χ0) is 11.4. The predicted molar refractivity (Wildman–Crippen MR) is 69.5 cm³/mol. The summed E-state index contributed by atoms with van der Waals surface area (Å²) in [5.74, 6) is 0.129. The summed E-state index contributed by atoms with van der Waals surface area (Å²) in [5, 5.41) is 8.24. The molecule has 0 aromatic carbocycles. The molecule has 5 heteroatoms. The molecule has 2 heterocycles. The Morgan fingerprint density at radius 1 is 1.62 bits per heavy atom. The Morgan fingerprint density at radius 3 is 3.12 bits per heavy atom. The molecule has 0 bridgehead atoms. The summed E-state index contributed by atoms with van der Waals surface area (Å²) in [6.45, 7) is 1.59. The average Bonchev–Trinajstić information content (AvgIpc) is 2.73. The fraction of sp³-hybridized carbons (Fsp3) is 0.545. The molecule has 1 aromatic heterocycles. The Hall–Kier alpha value is -0.390. The smallest absolute Gasteiger partial charge is 0.237 e. The van der Waals surface area contributed by atoms with Crippen molar-refractivity contribution in [3.8, 4) is 0 Å². The molecular weight excluding hydrogens is 288 g/mol. The molecule has 88 valence electrons. The third kappa shape index (κ3) is 3.30. The lowest BCUT2D eigenvalue weighted by molar-refractivity contribution is -0.123. The van der Waals surface area contributed by atoms with Crippen LogP contribution in [0.25, 0.3) is 0 Å². The molecule has 0 radical (unpaired) electrons. The van der Waals surface area contributed by atoms with Gasteiger partial charge in [0.05, 0.1) is 12.6 Å². The molecule has 3 nitrogen and oxygen atoms in total. The second kappa shape index (κ2) is 5.80. The number of thiophene rings is 1. The molecule has 0 aliphatic carbocycles. The van der Waals surface area contributed by atoms with E-state index in [1.807, 2.05) is 11.4 Å². The van der Waals surface area contributed by atoms with Crippen LogP contribution in [0.3, 0.4) is 0 Å². The van der Waals surface area contributed by atoms with Crippen molar-refractivity contribution >= 4 is 33.2 Å². The topological polar surface area (TPSA) is 41.1 Å². The first-order valence-electron chi connectivity index (χ1n) is 5.50. The van der Waals surface area contributed by atoms with Crippen molar-refractivity contribution < 1.29 is 4.79 Å². The highest BCUT2D eigenvalue weighted by Crippen LogP contribution is 2.19. The minimum absolute atomic E-state index is 0.0113. The highest BCUT2D eigenvalue weighted by Gasteiger charge is 2.19. The molecule has 1 amide bonds. The Labute approximate surface area is 108 Å². The number of hydrogen-bond acceptors (Lipinski definition) is 3. The van der Waals surface area contributed by atoms with Crippen LogP contribution in [0.15, 0.2) is 15.9 Å². The van der Waals surface area contributed by atoms with Gasteiger partial charge in [-0.15, -0.1) is 11.3 Å². The molecule has 1 fully saturated rings. The predicted octanol–water partition coefficient (Wildman–Crippen LogP) is 2.27. The number of carbonyl (C=O) groups excluding carboxylic acids is 1.